The first-order chi connectivity index (χ1) is 9.38. The van der Waals surface area contributed by atoms with Crippen LogP contribution in [0.25, 0.3) is 10.2 Å². The van der Waals surface area contributed by atoms with E-state index in [9.17, 15) is 0 Å². The molecule has 1 N–H and O–H groups in total. The van der Waals surface area contributed by atoms with Crippen molar-refractivity contribution in [3.63, 3.8) is 0 Å². The molecule has 0 unspecified atom stereocenters. The second kappa shape index (κ2) is 5.84. The SMILES string of the molecule is CNCCC1CCN(c2ncnc3sccc23)CC1. The zero-order valence-corrected chi connectivity index (χ0v) is 12.1. The Morgan fingerprint density at radius 3 is 3.00 bits per heavy atom. The predicted molar refractivity (Wildman–Crippen MR) is 80.9 cm³/mol. The molecule has 5 heteroatoms. The van der Waals surface area contributed by atoms with Gasteiger partial charge in [-0.15, -0.1) is 11.3 Å². The van der Waals surface area contributed by atoms with Gasteiger partial charge in [-0.25, -0.2) is 9.97 Å². The maximum absolute atomic E-state index is 4.50. The summed E-state index contributed by atoms with van der Waals surface area (Å²) in [5.41, 5.74) is 0. The Morgan fingerprint density at radius 2 is 2.21 bits per heavy atom. The van der Waals surface area contributed by atoms with Crippen LogP contribution in [0.4, 0.5) is 5.82 Å². The summed E-state index contributed by atoms with van der Waals surface area (Å²) in [4.78, 5) is 12.3. The van der Waals surface area contributed by atoms with Crippen molar-refractivity contribution >= 4 is 27.4 Å². The van der Waals surface area contributed by atoms with E-state index >= 15 is 0 Å². The molecule has 0 radical (unpaired) electrons. The lowest BCUT2D eigenvalue weighted by molar-refractivity contribution is 0.377. The van der Waals surface area contributed by atoms with Crippen molar-refractivity contribution in [3.8, 4) is 0 Å². The topological polar surface area (TPSA) is 41.0 Å². The minimum Gasteiger partial charge on any atom is -0.356 e. The number of piperidine rings is 1. The summed E-state index contributed by atoms with van der Waals surface area (Å²) in [5.74, 6) is 1.99. The van der Waals surface area contributed by atoms with Crippen LogP contribution in [0.2, 0.25) is 0 Å². The molecule has 0 atom stereocenters. The van der Waals surface area contributed by atoms with Crippen molar-refractivity contribution in [2.24, 2.45) is 5.92 Å². The van der Waals surface area contributed by atoms with E-state index in [1.807, 2.05) is 7.05 Å². The van der Waals surface area contributed by atoms with Gasteiger partial charge in [-0.3, -0.25) is 0 Å². The van der Waals surface area contributed by atoms with Crippen LogP contribution in [0.3, 0.4) is 0 Å². The molecule has 0 amide bonds. The summed E-state index contributed by atoms with van der Waals surface area (Å²) in [6.45, 7) is 3.37. The average molecular weight is 276 g/mol. The molecule has 0 saturated carbocycles. The molecular formula is C14H20N4S. The number of nitrogens with one attached hydrogen (secondary N) is 1. The number of hydrogen-bond donors (Lipinski definition) is 1. The predicted octanol–water partition coefficient (Wildman–Crippen LogP) is 2.52. The monoisotopic (exact) mass is 276 g/mol. The average Bonchev–Trinajstić information content (AvgIpc) is 2.94. The van der Waals surface area contributed by atoms with E-state index in [2.05, 4.69) is 31.6 Å². The minimum absolute atomic E-state index is 0.864. The van der Waals surface area contributed by atoms with Crippen molar-refractivity contribution < 1.29 is 0 Å². The van der Waals surface area contributed by atoms with Crippen LogP contribution >= 0.6 is 11.3 Å². The van der Waals surface area contributed by atoms with Gasteiger partial charge in [0, 0.05) is 13.1 Å². The second-order valence-electron chi connectivity index (χ2n) is 5.16. The molecule has 4 nitrogen and oxygen atoms in total. The van der Waals surface area contributed by atoms with Gasteiger partial charge in [0.2, 0.25) is 0 Å². The highest BCUT2D eigenvalue weighted by Gasteiger charge is 2.21. The molecule has 0 aliphatic carbocycles. The molecule has 102 valence electrons. The van der Waals surface area contributed by atoms with E-state index < -0.39 is 0 Å². The molecule has 0 aromatic carbocycles. The highest BCUT2D eigenvalue weighted by Crippen LogP contribution is 2.30. The van der Waals surface area contributed by atoms with Gasteiger partial charge in [-0.1, -0.05) is 0 Å². The number of thiophene rings is 1. The van der Waals surface area contributed by atoms with Gasteiger partial charge >= 0.3 is 0 Å². The second-order valence-corrected chi connectivity index (χ2v) is 6.05. The van der Waals surface area contributed by atoms with Gasteiger partial charge in [0.25, 0.3) is 0 Å². The molecule has 3 heterocycles. The zero-order chi connectivity index (χ0) is 13.1. The molecule has 1 aliphatic heterocycles. The molecule has 0 bridgehead atoms. The van der Waals surface area contributed by atoms with Crippen LogP contribution in [0, 0.1) is 5.92 Å². The number of hydrogen-bond acceptors (Lipinski definition) is 5. The Kier molecular flexibility index (Phi) is 3.94. The van der Waals surface area contributed by atoms with Gasteiger partial charge in [0.05, 0.1) is 5.39 Å². The summed E-state index contributed by atoms with van der Waals surface area (Å²) in [6, 6.07) is 2.14. The van der Waals surface area contributed by atoms with Gasteiger partial charge in [-0.05, 0) is 50.2 Å². The molecule has 19 heavy (non-hydrogen) atoms. The maximum atomic E-state index is 4.50. The summed E-state index contributed by atoms with van der Waals surface area (Å²) in [5, 5.41) is 6.55. The van der Waals surface area contributed by atoms with Crippen molar-refractivity contribution in [2.75, 3.05) is 31.6 Å². The summed E-state index contributed by atoms with van der Waals surface area (Å²) < 4.78 is 0. The molecule has 1 saturated heterocycles. The molecule has 3 rings (SSSR count). The third kappa shape index (κ3) is 2.72. The lowest BCUT2D eigenvalue weighted by Gasteiger charge is -2.33. The van der Waals surface area contributed by atoms with E-state index in [0.717, 1.165) is 36.2 Å². The van der Waals surface area contributed by atoms with Crippen LogP contribution in [0.5, 0.6) is 0 Å². The van der Waals surface area contributed by atoms with E-state index in [1.54, 1.807) is 17.7 Å². The summed E-state index contributed by atoms with van der Waals surface area (Å²) in [6.07, 6.45) is 5.54. The quantitative estimate of drug-likeness (QED) is 0.931. The number of rotatable bonds is 4. The number of anilines is 1. The Bertz CT molecular complexity index is 531. The fourth-order valence-corrected chi connectivity index (χ4v) is 3.54. The summed E-state index contributed by atoms with van der Waals surface area (Å²) in [7, 11) is 2.03. The normalized spacial score (nSPS) is 17.2. The van der Waals surface area contributed by atoms with Crippen molar-refractivity contribution in [1.29, 1.82) is 0 Å². The lowest BCUT2D eigenvalue weighted by Crippen LogP contribution is -2.35. The number of aromatic nitrogens is 2. The fraction of sp³-hybridized carbons (Fsp3) is 0.571. The number of nitrogens with zero attached hydrogens (tertiary/aromatic N) is 3. The molecule has 1 fully saturated rings. The zero-order valence-electron chi connectivity index (χ0n) is 11.3. The first-order valence-corrected chi connectivity index (χ1v) is 7.84. The molecule has 2 aromatic heterocycles. The molecule has 2 aromatic rings. The van der Waals surface area contributed by atoms with Gasteiger partial charge < -0.3 is 10.2 Å². The van der Waals surface area contributed by atoms with Crippen LogP contribution < -0.4 is 10.2 Å². The smallest absolute Gasteiger partial charge is 0.140 e. The maximum Gasteiger partial charge on any atom is 0.140 e. The molecular weight excluding hydrogens is 256 g/mol. The van der Waals surface area contributed by atoms with Crippen LogP contribution in [0.1, 0.15) is 19.3 Å². The Labute approximate surface area is 117 Å². The molecule has 1 aliphatic rings. The Morgan fingerprint density at radius 1 is 1.37 bits per heavy atom. The van der Waals surface area contributed by atoms with E-state index in [1.165, 1.54) is 24.6 Å². The van der Waals surface area contributed by atoms with Crippen molar-refractivity contribution in [3.05, 3.63) is 17.8 Å². The van der Waals surface area contributed by atoms with Crippen LogP contribution in [0.15, 0.2) is 17.8 Å². The fourth-order valence-electron chi connectivity index (χ4n) is 2.81. The van der Waals surface area contributed by atoms with E-state index in [0.29, 0.717) is 0 Å². The molecule has 0 spiro atoms. The number of fused-ring (bicyclic) bond motifs is 1. The van der Waals surface area contributed by atoms with Gasteiger partial charge in [0.15, 0.2) is 0 Å². The lowest BCUT2D eigenvalue weighted by atomic mass is 9.93. The third-order valence-corrected chi connectivity index (χ3v) is 4.78. The van der Waals surface area contributed by atoms with Gasteiger partial charge in [0.1, 0.15) is 17.0 Å². The summed E-state index contributed by atoms with van der Waals surface area (Å²) >= 11 is 1.69. The standard InChI is InChI=1S/C14H20N4S/c1-15-6-2-11-3-7-18(8-4-11)13-12-5-9-19-14(12)17-10-16-13/h5,9-11,15H,2-4,6-8H2,1H3. The highest BCUT2D eigenvalue weighted by atomic mass is 32.1. The third-order valence-electron chi connectivity index (χ3n) is 3.96. The van der Waals surface area contributed by atoms with Crippen LogP contribution in [-0.2, 0) is 0 Å². The minimum atomic E-state index is 0.864. The first kappa shape index (κ1) is 12.8. The van der Waals surface area contributed by atoms with Crippen molar-refractivity contribution in [1.82, 2.24) is 15.3 Å². The largest absolute Gasteiger partial charge is 0.356 e. The first-order valence-electron chi connectivity index (χ1n) is 6.96. The van der Waals surface area contributed by atoms with Crippen LogP contribution in [-0.4, -0.2) is 36.6 Å². The highest BCUT2D eigenvalue weighted by molar-refractivity contribution is 7.16. The van der Waals surface area contributed by atoms with E-state index in [4.69, 9.17) is 0 Å². The Balaban J connectivity index is 1.69. The van der Waals surface area contributed by atoms with E-state index in [-0.39, 0.29) is 0 Å². The Hall–Kier alpha value is -1.20. The van der Waals surface area contributed by atoms with Crippen molar-refractivity contribution in [2.45, 2.75) is 19.3 Å². The van der Waals surface area contributed by atoms with Gasteiger partial charge in [-0.2, -0.15) is 0 Å².